The van der Waals surface area contributed by atoms with Gasteiger partial charge in [-0.05, 0) is 46.9 Å². The minimum Gasteiger partial charge on any atom is -0.507 e. The molecule has 1 N–H and O–H groups in total. The summed E-state index contributed by atoms with van der Waals surface area (Å²) in [5.41, 5.74) is 1.20. The van der Waals surface area contributed by atoms with Crippen molar-refractivity contribution >= 4 is 22.5 Å². The average Bonchev–Trinajstić information content (AvgIpc) is 2.38. The molecule has 0 spiro atoms. The van der Waals surface area contributed by atoms with Crippen LogP contribution in [0.4, 0.5) is 0 Å². The molecule has 1 aromatic carbocycles. The van der Waals surface area contributed by atoms with E-state index in [4.69, 9.17) is 11.7 Å². The highest BCUT2D eigenvalue weighted by molar-refractivity contribution is 8.68. The molecule has 0 aromatic heterocycles. The van der Waals surface area contributed by atoms with Gasteiger partial charge in [-0.2, -0.15) is 0 Å². The number of rotatable bonds is 9. The van der Waals surface area contributed by atoms with E-state index in [2.05, 4.69) is 13.0 Å². The van der Waals surface area contributed by atoms with E-state index in [1.54, 1.807) is 6.07 Å². The first-order chi connectivity index (χ1) is 8.79. The molecule has 0 saturated heterocycles. The zero-order valence-corrected chi connectivity index (χ0v) is 12.8. The zero-order valence-electron chi connectivity index (χ0n) is 11.2. The van der Waals surface area contributed by atoms with Gasteiger partial charge in [-0.3, -0.25) is 0 Å². The quantitative estimate of drug-likeness (QED) is 0.450. The van der Waals surface area contributed by atoms with Gasteiger partial charge in [0.05, 0.1) is 4.90 Å². The van der Waals surface area contributed by atoms with Gasteiger partial charge in [-0.1, -0.05) is 57.6 Å². The lowest BCUT2D eigenvalue weighted by Crippen LogP contribution is -1.89. The second-order valence-corrected chi connectivity index (χ2v) is 5.79. The molecule has 0 aliphatic carbocycles. The number of benzene rings is 1. The molecule has 0 amide bonds. The van der Waals surface area contributed by atoms with E-state index in [-0.39, 0.29) is 0 Å². The maximum Gasteiger partial charge on any atom is 0.130 e. The van der Waals surface area contributed by atoms with Crippen LogP contribution in [0.1, 0.15) is 57.4 Å². The summed E-state index contributed by atoms with van der Waals surface area (Å²) in [4.78, 5) is 0.874. The summed E-state index contributed by atoms with van der Waals surface area (Å²) in [6.45, 7) is 2.25. The van der Waals surface area contributed by atoms with Crippen molar-refractivity contribution in [1.82, 2.24) is 0 Å². The summed E-state index contributed by atoms with van der Waals surface area (Å²) in [6, 6.07) is 5.69. The van der Waals surface area contributed by atoms with Crippen LogP contribution in [0.2, 0.25) is 0 Å². The van der Waals surface area contributed by atoms with Crippen molar-refractivity contribution in [1.29, 1.82) is 0 Å². The molecule has 1 rings (SSSR count). The molecular formula is C15H23OS2. The van der Waals surface area contributed by atoms with Crippen LogP contribution in [0.25, 0.3) is 0 Å². The second-order valence-electron chi connectivity index (χ2n) is 4.72. The predicted octanol–water partition coefficient (Wildman–Crippen LogP) is 5.89. The van der Waals surface area contributed by atoms with Gasteiger partial charge in [0.1, 0.15) is 5.75 Å². The summed E-state index contributed by atoms with van der Waals surface area (Å²) in [7, 11) is 1.23. The van der Waals surface area contributed by atoms with Crippen molar-refractivity contribution in [2.24, 2.45) is 0 Å². The number of hydrogen-bond donors (Lipinski definition) is 1. The minimum atomic E-state index is 0.329. The lowest BCUT2D eigenvalue weighted by atomic mass is 10.0. The lowest BCUT2D eigenvalue weighted by molar-refractivity contribution is 0.460. The fraction of sp³-hybridized carbons (Fsp3) is 0.600. The maximum atomic E-state index is 9.70. The molecule has 1 aromatic rings. The predicted molar refractivity (Wildman–Crippen MR) is 83.3 cm³/mol. The summed E-state index contributed by atoms with van der Waals surface area (Å²) < 4.78 is 0. The van der Waals surface area contributed by atoms with Crippen molar-refractivity contribution in [2.45, 2.75) is 63.2 Å². The Morgan fingerprint density at radius 3 is 2.39 bits per heavy atom. The van der Waals surface area contributed by atoms with E-state index in [1.165, 1.54) is 61.3 Å². The molecular weight excluding hydrogens is 260 g/mol. The summed E-state index contributed by atoms with van der Waals surface area (Å²) in [5, 5.41) is 9.70. The van der Waals surface area contributed by atoms with Crippen molar-refractivity contribution in [3.8, 4) is 5.75 Å². The smallest absolute Gasteiger partial charge is 0.130 e. The Hall–Kier alpha value is -0.280. The fourth-order valence-corrected chi connectivity index (χ4v) is 3.14. The number of hydrogen-bond acceptors (Lipinski definition) is 2. The molecule has 18 heavy (non-hydrogen) atoms. The average molecular weight is 283 g/mol. The van der Waals surface area contributed by atoms with Crippen molar-refractivity contribution in [3.05, 3.63) is 23.8 Å². The highest BCUT2D eigenvalue weighted by Crippen LogP contribution is 2.34. The molecule has 0 unspecified atom stereocenters. The van der Waals surface area contributed by atoms with Crippen molar-refractivity contribution < 1.29 is 5.11 Å². The highest BCUT2D eigenvalue weighted by atomic mass is 33.1. The number of phenols is 1. The third-order valence-corrected chi connectivity index (χ3v) is 4.35. The Kier molecular flexibility index (Phi) is 8.44. The maximum absolute atomic E-state index is 9.70. The Labute approximate surface area is 120 Å². The molecule has 0 saturated carbocycles. The van der Waals surface area contributed by atoms with Crippen LogP contribution in [-0.4, -0.2) is 5.11 Å². The molecule has 0 aliphatic rings. The Morgan fingerprint density at radius 1 is 1.06 bits per heavy atom. The van der Waals surface area contributed by atoms with E-state index >= 15 is 0 Å². The van der Waals surface area contributed by atoms with E-state index < -0.39 is 0 Å². The Morgan fingerprint density at radius 2 is 1.72 bits per heavy atom. The molecule has 101 valence electrons. The Balaban J connectivity index is 2.25. The van der Waals surface area contributed by atoms with Crippen molar-refractivity contribution in [2.75, 3.05) is 0 Å². The largest absolute Gasteiger partial charge is 0.507 e. The third-order valence-electron chi connectivity index (χ3n) is 3.21. The van der Waals surface area contributed by atoms with Gasteiger partial charge in [0, 0.05) is 0 Å². The SMILES string of the molecule is CCCCCCCCCc1cccc(O)c1S[S]. The Bertz CT molecular complexity index is 339. The zero-order chi connectivity index (χ0) is 13.2. The van der Waals surface area contributed by atoms with E-state index in [0.29, 0.717) is 5.75 Å². The van der Waals surface area contributed by atoms with Crippen LogP contribution in [0.15, 0.2) is 23.1 Å². The van der Waals surface area contributed by atoms with Gasteiger partial charge in [-0.25, -0.2) is 0 Å². The normalized spacial score (nSPS) is 10.8. The van der Waals surface area contributed by atoms with Gasteiger partial charge in [0.25, 0.3) is 0 Å². The third kappa shape index (κ3) is 5.57. The van der Waals surface area contributed by atoms with Crippen molar-refractivity contribution in [3.63, 3.8) is 0 Å². The standard InChI is InChI=1S/C15H23OS2/c1-2-3-4-5-6-7-8-10-13-11-9-12-14(16)15(13)18-17/h9,11-12,16H,2-8,10H2,1H3. The lowest BCUT2D eigenvalue weighted by Gasteiger charge is -2.08. The molecule has 0 aliphatic heterocycles. The van der Waals surface area contributed by atoms with Gasteiger partial charge in [0.2, 0.25) is 0 Å². The molecule has 0 fully saturated rings. The monoisotopic (exact) mass is 283 g/mol. The number of unbranched alkanes of at least 4 members (excludes halogenated alkanes) is 6. The van der Waals surface area contributed by atoms with Gasteiger partial charge >= 0.3 is 0 Å². The van der Waals surface area contributed by atoms with Gasteiger partial charge in [0.15, 0.2) is 0 Å². The van der Waals surface area contributed by atoms with Gasteiger partial charge in [-0.15, -0.1) is 0 Å². The summed E-state index contributed by atoms with van der Waals surface area (Å²) in [5.74, 6) is 0.329. The molecule has 0 atom stereocenters. The first-order valence-corrected chi connectivity index (χ1v) is 8.64. The molecule has 0 bridgehead atoms. The van der Waals surface area contributed by atoms with Crippen LogP contribution in [0, 0.1) is 0 Å². The van der Waals surface area contributed by atoms with Crippen LogP contribution in [0.3, 0.4) is 0 Å². The van der Waals surface area contributed by atoms with E-state index in [9.17, 15) is 5.11 Å². The number of phenolic OH excluding ortho intramolecular Hbond substituents is 1. The van der Waals surface area contributed by atoms with E-state index in [0.717, 1.165) is 11.3 Å². The van der Waals surface area contributed by atoms with Gasteiger partial charge < -0.3 is 5.11 Å². The number of aryl methyl sites for hydroxylation is 1. The molecule has 1 nitrogen and oxygen atoms in total. The fourth-order valence-electron chi connectivity index (χ4n) is 2.14. The number of aromatic hydroxyl groups is 1. The van der Waals surface area contributed by atoms with E-state index in [1.807, 2.05) is 6.07 Å². The second kappa shape index (κ2) is 9.62. The van der Waals surface area contributed by atoms with Crippen LogP contribution >= 0.6 is 22.5 Å². The summed E-state index contributed by atoms with van der Waals surface area (Å²) in [6.07, 6.45) is 10.2. The molecule has 0 heterocycles. The first kappa shape index (κ1) is 15.8. The molecule has 3 heteroatoms. The highest BCUT2D eigenvalue weighted by Gasteiger charge is 2.06. The molecule has 1 radical (unpaired) electrons. The van der Waals surface area contributed by atoms with Crippen LogP contribution < -0.4 is 0 Å². The minimum absolute atomic E-state index is 0.329. The van der Waals surface area contributed by atoms with Crippen LogP contribution in [-0.2, 0) is 6.42 Å². The van der Waals surface area contributed by atoms with Crippen LogP contribution in [0.5, 0.6) is 5.75 Å². The topological polar surface area (TPSA) is 20.2 Å². The summed E-state index contributed by atoms with van der Waals surface area (Å²) >= 11 is 5.00. The first-order valence-electron chi connectivity index (χ1n) is 6.90.